The van der Waals surface area contributed by atoms with Crippen LogP contribution in [-0.4, -0.2) is 9.97 Å². The molecule has 3 rings (SSSR count). The molecule has 0 unspecified atom stereocenters. The van der Waals surface area contributed by atoms with Crippen molar-refractivity contribution in [1.29, 1.82) is 0 Å². The van der Waals surface area contributed by atoms with Gasteiger partial charge in [-0.1, -0.05) is 18.2 Å². The number of fused-ring (bicyclic) bond motifs is 1. The van der Waals surface area contributed by atoms with Gasteiger partial charge < -0.3 is 4.98 Å². The van der Waals surface area contributed by atoms with E-state index < -0.39 is 0 Å². The lowest BCUT2D eigenvalue weighted by molar-refractivity contribution is 1.31. The molecule has 0 spiro atoms. The summed E-state index contributed by atoms with van der Waals surface area (Å²) in [4.78, 5) is 7.57. The van der Waals surface area contributed by atoms with E-state index in [0.29, 0.717) is 0 Å². The van der Waals surface area contributed by atoms with Gasteiger partial charge in [-0.2, -0.15) is 0 Å². The Balaban J connectivity index is 2.23. The normalized spacial score (nSPS) is 10.8. The monoisotopic (exact) mass is 208 g/mol. The topological polar surface area (TPSA) is 28.7 Å². The average Bonchev–Trinajstić information content (AvgIpc) is 2.76. The highest BCUT2D eigenvalue weighted by Crippen LogP contribution is 2.25. The molecule has 2 aromatic heterocycles. The quantitative estimate of drug-likeness (QED) is 0.651. The van der Waals surface area contributed by atoms with Crippen molar-refractivity contribution in [3.8, 4) is 11.3 Å². The molecule has 0 bridgehead atoms. The summed E-state index contributed by atoms with van der Waals surface area (Å²) in [5.41, 5.74) is 4.73. The number of benzene rings is 1. The van der Waals surface area contributed by atoms with E-state index in [4.69, 9.17) is 0 Å². The molecule has 0 aliphatic carbocycles. The lowest BCUT2D eigenvalue weighted by Crippen LogP contribution is -1.78. The predicted molar refractivity (Wildman–Crippen MR) is 66.3 cm³/mol. The van der Waals surface area contributed by atoms with Gasteiger partial charge in [-0.05, 0) is 30.7 Å². The smallest absolute Gasteiger partial charge is 0.0488 e. The van der Waals surface area contributed by atoms with E-state index in [2.05, 4.69) is 47.2 Å². The Hall–Kier alpha value is -2.09. The Bertz CT molecular complexity index is 624. The van der Waals surface area contributed by atoms with Crippen molar-refractivity contribution in [1.82, 2.24) is 9.97 Å². The Morgan fingerprint density at radius 1 is 1.12 bits per heavy atom. The Morgan fingerprint density at radius 3 is 2.81 bits per heavy atom. The number of hydrogen-bond donors (Lipinski definition) is 1. The minimum absolute atomic E-state index is 1.12. The van der Waals surface area contributed by atoms with Crippen molar-refractivity contribution < 1.29 is 0 Å². The van der Waals surface area contributed by atoms with Crippen LogP contribution in [0.2, 0.25) is 0 Å². The first-order valence-corrected chi connectivity index (χ1v) is 5.33. The number of hydrogen-bond acceptors (Lipinski definition) is 1. The fourth-order valence-electron chi connectivity index (χ4n) is 1.99. The van der Waals surface area contributed by atoms with Crippen LogP contribution in [-0.2, 0) is 0 Å². The lowest BCUT2D eigenvalue weighted by atomic mass is 10.1. The molecule has 0 amide bonds. The number of nitrogens with one attached hydrogen (secondary N) is 1. The number of aromatic amines is 1. The molecule has 1 aromatic carbocycles. The number of pyridine rings is 1. The van der Waals surface area contributed by atoms with Crippen molar-refractivity contribution in [3.63, 3.8) is 0 Å². The van der Waals surface area contributed by atoms with Gasteiger partial charge in [0.1, 0.15) is 0 Å². The van der Waals surface area contributed by atoms with E-state index in [1.807, 2.05) is 12.3 Å². The first-order valence-electron chi connectivity index (χ1n) is 5.33. The van der Waals surface area contributed by atoms with Crippen molar-refractivity contribution in [2.45, 2.75) is 6.92 Å². The van der Waals surface area contributed by atoms with Gasteiger partial charge in [0.2, 0.25) is 0 Å². The van der Waals surface area contributed by atoms with E-state index in [-0.39, 0.29) is 0 Å². The number of nitrogens with zero attached hydrogens (tertiary/aromatic N) is 1. The van der Waals surface area contributed by atoms with Crippen molar-refractivity contribution in [2.24, 2.45) is 0 Å². The molecule has 0 fully saturated rings. The van der Waals surface area contributed by atoms with Gasteiger partial charge in [0.15, 0.2) is 0 Å². The van der Waals surface area contributed by atoms with Crippen molar-refractivity contribution in [2.75, 3.05) is 0 Å². The third-order valence-corrected chi connectivity index (χ3v) is 2.84. The minimum Gasteiger partial charge on any atom is -0.354 e. The summed E-state index contributed by atoms with van der Waals surface area (Å²) in [6.45, 7) is 2.12. The molecule has 0 saturated heterocycles. The SMILES string of the molecule is Cc1cccc2cc(-c3cccnc3)[nH]c12. The average molecular weight is 208 g/mol. The molecule has 1 N–H and O–H groups in total. The van der Waals surface area contributed by atoms with Gasteiger partial charge in [-0.15, -0.1) is 0 Å². The Labute approximate surface area is 94.0 Å². The summed E-state index contributed by atoms with van der Waals surface area (Å²) in [6.07, 6.45) is 3.66. The van der Waals surface area contributed by atoms with E-state index >= 15 is 0 Å². The molecule has 0 aliphatic rings. The first kappa shape index (κ1) is 9.16. The van der Waals surface area contributed by atoms with E-state index in [1.165, 1.54) is 16.5 Å². The van der Waals surface area contributed by atoms with Crippen LogP contribution >= 0.6 is 0 Å². The minimum atomic E-state index is 1.12. The van der Waals surface area contributed by atoms with Crippen LogP contribution in [0.15, 0.2) is 48.8 Å². The van der Waals surface area contributed by atoms with Gasteiger partial charge in [-0.3, -0.25) is 4.98 Å². The molecule has 0 radical (unpaired) electrons. The number of rotatable bonds is 1. The number of aromatic nitrogens is 2. The lowest BCUT2D eigenvalue weighted by Gasteiger charge is -1.95. The molecular formula is C14H12N2. The largest absolute Gasteiger partial charge is 0.354 e. The summed E-state index contributed by atoms with van der Waals surface area (Å²) >= 11 is 0. The van der Waals surface area contributed by atoms with E-state index in [9.17, 15) is 0 Å². The highest BCUT2D eigenvalue weighted by molar-refractivity contribution is 5.87. The van der Waals surface area contributed by atoms with Crippen molar-refractivity contribution in [3.05, 3.63) is 54.4 Å². The fourth-order valence-corrected chi connectivity index (χ4v) is 1.99. The summed E-state index contributed by atoms with van der Waals surface area (Å²) in [5.74, 6) is 0. The van der Waals surface area contributed by atoms with Gasteiger partial charge in [0.25, 0.3) is 0 Å². The molecule has 2 heterocycles. The zero-order valence-corrected chi connectivity index (χ0v) is 9.07. The van der Waals surface area contributed by atoms with E-state index in [1.54, 1.807) is 6.20 Å². The molecule has 0 aliphatic heterocycles. The maximum Gasteiger partial charge on any atom is 0.0488 e. The van der Waals surface area contributed by atoms with Gasteiger partial charge in [0, 0.05) is 34.6 Å². The van der Waals surface area contributed by atoms with Crippen LogP contribution in [0.3, 0.4) is 0 Å². The van der Waals surface area contributed by atoms with E-state index in [0.717, 1.165) is 11.3 Å². The zero-order chi connectivity index (χ0) is 11.0. The molecule has 16 heavy (non-hydrogen) atoms. The first-order chi connectivity index (χ1) is 7.84. The highest BCUT2D eigenvalue weighted by Gasteiger charge is 2.04. The molecule has 3 aromatic rings. The van der Waals surface area contributed by atoms with Crippen LogP contribution in [0.25, 0.3) is 22.2 Å². The van der Waals surface area contributed by atoms with Gasteiger partial charge in [0.05, 0.1) is 0 Å². The number of H-pyrrole nitrogens is 1. The molecular weight excluding hydrogens is 196 g/mol. The van der Waals surface area contributed by atoms with Crippen LogP contribution in [0.1, 0.15) is 5.56 Å². The number of para-hydroxylation sites is 1. The summed E-state index contributed by atoms with van der Waals surface area (Å²) in [6, 6.07) is 12.5. The Morgan fingerprint density at radius 2 is 2.06 bits per heavy atom. The fraction of sp³-hybridized carbons (Fsp3) is 0.0714. The predicted octanol–water partition coefficient (Wildman–Crippen LogP) is 3.54. The molecule has 78 valence electrons. The molecule has 0 atom stereocenters. The Kier molecular flexibility index (Phi) is 2.00. The maximum absolute atomic E-state index is 4.13. The third kappa shape index (κ3) is 1.39. The zero-order valence-electron chi connectivity index (χ0n) is 9.07. The van der Waals surface area contributed by atoms with Crippen LogP contribution in [0, 0.1) is 6.92 Å². The second-order valence-electron chi connectivity index (χ2n) is 3.96. The maximum atomic E-state index is 4.13. The number of aryl methyl sites for hydroxylation is 1. The second-order valence-corrected chi connectivity index (χ2v) is 3.96. The van der Waals surface area contributed by atoms with Crippen LogP contribution in [0.5, 0.6) is 0 Å². The second kappa shape index (κ2) is 3.49. The van der Waals surface area contributed by atoms with Crippen LogP contribution < -0.4 is 0 Å². The summed E-state index contributed by atoms with van der Waals surface area (Å²) < 4.78 is 0. The summed E-state index contributed by atoms with van der Waals surface area (Å²) in [7, 11) is 0. The third-order valence-electron chi connectivity index (χ3n) is 2.84. The van der Waals surface area contributed by atoms with Gasteiger partial charge >= 0.3 is 0 Å². The molecule has 2 heteroatoms. The molecule has 2 nitrogen and oxygen atoms in total. The molecule has 0 saturated carbocycles. The van der Waals surface area contributed by atoms with Crippen LogP contribution in [0.4, 0.5) is 0 Å². The highest BCUT2D eigenvalue weighted by atomic mass is 14.7. The standard InChI is InChI=1S/C14H12N2/c1-10-4-2-5-11-8-13(16-14(10)11)12-6-3-7-15-9-12/h2-9,16H,1H3. The van der Waals surface area contributed by atoms with Crippen molar-refractivity contribution >= 4 is 10.9 Å². The summed E-state index contributed by atoms with van der Waals surface area (Å²) in [5, 5.41) is 1.25. The van der Waals surface area contributed by atoms with Gasteiger partial charge in [-0.25, -0.2) is 0 Å².